The number of hydrogen-bond acceptors (Lipinski definition) is 6. The number of halogens is 1. The summed E-state index contributed by atoms with van der Waals surface area (Å²) in [6.07, 6.45) is 1.50. The largest absolute Gasteiger partial charge is 0.464 e. The Morgan fingerprint density at radius 2 is 2.24 bits per heavy atom. The Morgan fingerprint density at radius 1 is 1.36 bits per heavy atom. The minimum atomic E-state index is -0.811. The van der Waals surface area contributed by atoms with Gasteiger partial charge in [0.15, 0.2) is 5.82 Å². The van der Waals surface area contributed by atoms with Crippen molar-refractivity contribution in [3.8, 4) is 0 Å². The van der Waals surface area contributed by atoms with E-state index in [1.165, 1.54) is 0 Å². The summed E-state index contributed by atoms with van der Waals surface area (Å²) < 4.78 is 24.4. The maximum atomic E-state index is 13.9. The van der Waals surface area contributed by atoms with E-state index >= 15 is 0 Å². The van der Waals surface area contributed by atoms with Crippen molar-refractivity contribution in [2.75, 3.05) is 13.1 Å². The normalized spacial score (nSPS) is 21.4. The zero-order valence-electron chi connectivity index (χ0n) is 14.1. The number of aromatic nitrogens is 2. The van der Waals surface area contributed by atoms with E-state index in [0.29, 0.717) is 44.3 Å². The van der Waals surface area contributed by atoms with Gasteiger partial charge in [-0.1, -0.05) is 23.4 Å². The number of benzene rings is 1. The van der Waals surface area contributed by atoms with Gasteiger partial charge in [0, 0.05) is 43.5 Å². The number of hydrogen-bond donors (Lipinski definition) is 1. The van der Waals surface area contributed by atoms with Crippen molar-refractivity contribution >= 4 is 11.0 Å². The van der Waals surface area contributed by atoms with E-state index in [0.717, 1.165) is 16.5 Å². The van der Waals surface area contributed by atoms with Crippen LogP contribution in [0.1, 0.15) is 23.7 Å². The number of para-hydroxylation sites is 1. The van der Waals surface area contributed by atoms with Gasteiger partial charge in [-0.15, -0.1) is 0 Å². The van der Waals surface area contributed by atoms with Gasteiger partial charge in [-0.3, -0.25) is 4.90 Å². The van der Waals surface area contributed by atoms with E-state index in [1.54, 1.807) is 13.2 Å². The summed E-state index contributed by atoms with van der Waals surface area (Å²) in [6, 6.07) is 8.08. The Kier molecular flexibility index (Phi) is 4.50. The minimum absolute atomic E-state index is 0.118. The maximum absolute atomic E-state index is 13.9. The molecule has 0 amide bonds. The predicted octanol–water partition coefficient (Wildman–Crippen LogP) is 2.83. The predicted molar refractivity (Wildman–Crippen MR) is 90.7 cm³/mol. The molecular weight excluding hydrogens is 323 g/mol. The number of nitrogens with zero attached hydrogens (tertiary/aromatic N) is 3. The molecule has 0 aliphatic carbocycles. The van der Waals surface area contributed by atoms with Gasteiger partial charge in [0.05, 0.1) is 12.8 Å². The summed E-state index contributed by atoms with van der Waals surface area (Å²) in [4.78, 5) is 6.29. The first-order valence-corrected chi connectivity index (χ1v) is 8.52. The first-order valence-electron chi connectivity index (χ1n) is 8.52. The van der Waals surface area contributed by atoms with Crippen molar-refractivity contribution in [1.82, 2.24) is 20.4 Å². The smallest absolute Gasteiger partial charge is 0.223 e. The number of furan rings is 1. The molecule has 2 aromatic heterocycles. The molecule has 3 aromatic rings. The van der Waals surface area contributed by atoms with Crippen LogP contribution in [-0.4, -0.2) is 40.3 Å². The molecule has 1 aliphatic heterocycles. The topological polar surface area (TPSA) is 67.3 Å². The van der Waals surface area contributed by atoms with Crippen LogP contribution in [0.5, 0.6) is 0 Å². The first kappa shape index (κ1) is 16.2. The summed E-state index contributed by atoms with van der Waals surface area (Å²) >= 11 is 0. The fourth-order valence-electron chi connectivity index (χ4n) is 3.46. The van der Waals surface area contributed by atoms with Crippen molar-refractivity contribution in [3.05, 3.63) is 47.8 Å². The highest BCUT2D eigenvalue weighted by molar-refractivity contribution is 5.80. The molecule has 4 rings (SSSR count). The minimum Gasteiger partial charge on any atom is -0.464 e. The Bertz CT molecular complexity index is 846. The van der Waals surface area contributed by atoms with Crippen molar-refractivity contribution in [1.29, 1.82) is 0 Å². The number of alkyl halides is 1. The zero-order valence-corrected chi connectivity index (χ0v) is 14.1. The Balaban J connectivity index is 1.36. The lowest BCUT2D eigenvalue weighted by molar-refractivity contribution is 0.221. The molecule has 1 fully saturated rings. The molecular formula is C18H21FN4O2. The molecule has 0 bridgehead atoms. The van der Waals surface area contributed by atoms with Crippen LogP contribution < -0.4 is 5.32 Å². The number of rotatable bonds is 6. The summed E-state index contributed by atoms with van der Waals surface area (Å²) in [5.74, 6) is 1.14. The Hall–Kier alpha value is -2.25. The van der Waals surface area contributed by atoms with Gasteiger partial charge in [0.2, 0.25) is 5.89 Å². The SMILES string of the molecule is Cc1nc(CN2C[C@@H](F)C[C@H]2CNCc2coc3ccccc23)no1. The highest BCUT2D eigenvalue weighted by Gasteiger charge is 2.32. The molecule has 1 aromatic carbocycles. The van der Waals surface area contributed by atoms with Crippen LogP contribution in [0.4, 0.5) is 4.39 Å². The van der Waals surface area contributed by atoms with Gasteiger partial charge in [0.1, 0.15) is 11.8 Å². The van der Waals surface area contributed by atoms with Crippen molar-refractivity contribution < 1.29 is 13.3 Å². The van der Waals surface area contributed by atoms with E-state index in [2.05, 4.69) is 20.4 Å². The fourth-order valence-corrected chi connectivity index (χ4v) is 3.46. The highest BCUT2D eigenvalue weighted by atomic mass is 19.1. The van der Waals surface area contributed by atoms with Gasteiger partial charge in [-0.25, -0.2) is 4.39 Å². The second-order valence-electron chi connectivity index (χ2n) is 6.53. The van der Waals surface area contributed by atoms with Crippen molar-refractivity contribution in [2.45, 2.75) is 38.6 Å². The van der Waals surface area contributed by atoms with Crippen LogP contribution in [0.25, 0.3) is 11.0 Å². The molecule has 3 heterocycles. The average molecular weight is 344 g/mol. The molecule has 1 saturated heterocycles. The van der Waals surface area contributed by atoms with Gasteiger partial charge in [-0.05, 0) is 12.5 Å². The molecule has 0 radical (unpaired) electrons. The molecule has 132 valence electrons. The summed E-state index contributed by atoms with van der Waals surface area (Å²) in [5.41, 5.74) is 2.00. The molecule has 7 heteroatoms. The molecule has 0 spiro atoms. The van der Waals surface area contributed by atoms with Crippen LogP contribution in [0.3, 0.4) is 0 Å². The van der Waals surface area contributed by atoms with Crippen LogP contribution in [0.2, 0.25) is 0 Å². The second-order valence-corrected chi connectivity index (χ2v) is 6.53. The molecule has 0 saturated carbocycles. The van der Waals surface area contributed by atoms with E-state index in [-0.39, 0.29) is 6.04 Å². The lowest BCUT2D eigenvalue weighted by Crippen LogP contribution is -2.37. The van der Waals surface area contributed by atoms with Gasteiger partial charge < -0.3 is 14.3 Å². The number of nitrogens with one attached hydrogen (secondary N) is 1. The van der Waals surface area contributed by atoms with E-state index in [9.17, 15) is 4.39 Å². The Morgan fingerprint density at radius 3 is 3.08 bits per heavy atom. The van der Waals surface area contributed by atoms with E-state index < -0.39 is 6.17 Å². The lowest BCUT2D eigenvalue weighted by Gasteiger charge is -2.22. The third-order valence-corrected chi connectivity index (χ3v) is 4.65. The first-order chi connectivity index (χ1) is 12.2. The fraction of sp³-hybridized carbons (Fsp3) is 0.444. The molecule has 0 unspecified atom stereocenters. The van der Waals surface area contributed by atoms with Crippen LogP contribution in [0, 0.1) is 6.92 Å². The summed E-state index contributed by atoms with van der Waals surface area (Å²) in [5, 5.41) is 8.46. The van der Waals surface area contributed by atoms with Gasteiger partial charge >= 0.3 is 0 Å². The average Bonchev–Trinajstić information content (AvgIpc) is 3.28. The summed E-state index contributed by atoms with van der Waals surface area (Å²) in [6.45, 7) is 4.08. The van der Waals surface area contributed by atoms with E-state index in [4.69, 9.17) is 8.94 Å². The van der Waals surface area contributed by atoms with Crippen LogP contribution in [0.15, 0.2) is 39.5 Å². The number of likely N-dealkylation sites (tertiary alicyclic amines) is 1. The zero-order chi connectivity index (χ0) is 17.2. The molecule has 1 N–H and O–H groups in total. The number of aryl methyl sites for hydroxylation is 1. The highest BCUT2D eigenvalue weighted by Crippen LogP contribution is 2.23. The third-order valence-electron chi connectivity index (χ3n) is 4.65. The van der Waals surface area contributed by atoms with Crippen LogP contribution in [-0.2, 0) is 13.1 Å². The lowest BCUT2D eigenvalue weighted by atomic mass is 10.1. The maximum Gasteiger partial charge on any atom is 0.223 e. The Labute approximate surface area is 145 Å². The quantitative estimate of drug-likeness (QED) is 0.742. The van der Waals surface area contributed by atoms with Gasteiger partial charge in [-0.2, -0.15) is 4.98 Å². The number of fused-ring (bicyclic) bond motifs is 1. The van der Waals surface area contributed by atoms with Gasteiger partial charge in [0.25, 0.3) is 0 Å². The third kappa shape index (κ3) is 3.57. The molecule has 25 heavy (non-hydrogen) atoms. The second kappa shape index (κ2) is 6.93. The standard InChI is InChI=1S/C18H21FN4O2/c1-12-21-18(22-25-12)10-23-9-14(19)6-15(23)8-20-7-13-11-24-17-5-3-2-4-16(13)17/h2-5,11,14-15,20H,6-10H2,1H3/t14-,15-/m0/s1. The van der Waals surface area contributed by atoms with E-state index in [1.807, 2.05) is 24.3 Å². The van der Waals surface area contributed by atoms with Crippen LogP contribution >= 0.6 is 0 Å². The summed E-state index contributed by atoms with van der Waals surface area (Å²) in [7, 11) is 0. The van der Waals surface area contributed by atoms with Crippen molar-refractivity contribution in [3.63, 3.8) is 0 Å². The van der Waals surface area contributed by atoms with Crippen molar-refractivity contribution in [2.24, 2.45) is 0 Å². The molecule has 6 nitrogen and oxygen atoms in total. The monoisotopic (exact) mass is 344 g/mol. The molecule has 1 aliphatic rings. The molecule has 2 atom stereocenters.